The van der Waals surface area contributed by atoms with Crippen LogP contribution in [-0.2, 0) is 4.79 Å². The van der Waals surface area contributed by atoms with E-state index >= 15 is 0 Å². The number of amides is 1. The molecule has 5 heteroatoms. The van der Waals surface area contributed by atoms with Crippen LogP contribution in [0.25, 0.3) is 10.9 Å². The summed E-state index contributed by atoms with van der Waals surface area (Å²) in [5.74, 6) is 1.74. The van der Waals surface area contributed by atoms with E-state index in [2.05, 4.69) is 30.2 Å². The van der Waals surface area contributed by atoms with Crippen molar-refractivity contribution >= 4 is 16.8 Å². The van der Waals surface area contributed by atoms with Gasteiger partial charge in [-0.1, -0.05) is 38.1 Å². The molecule has 0 spiro atoms. The van der Waals surface area contributed by atoms with Gasteiger partial charge in [0, 0.05) is 47.6 Å². The highest BCUT2D eigenvalue weighted by Gasteiger charge is 2.24. The molecule has 2 N–H and O–H groups in total. The summed E-state index contributed by atoms with van der Waals surface area (Å²) in [7, 11) is 3.27. The highest BCUT2D eigenvalue weighted by atomic mass is 16.5. The summed E-state index contributed by atoms with van der Waals surface area (Å²) in [6.07, 6.45) is 2.34. The maximum Gasteiger partial charge on any atom is 0.220 e. The molecule has 3 aromatic rings. The van der Waals surface area contributed by atoms with Crippen LogP contribution in [-0.4, -0.2) is 31.7 Å². The summed E-state index contributed by atoms with van der Waals surface area (Å²) < 4.78 is 11.0. The minimum absolute atomic E-state index is 0.0295. The van der Waals surface area contributed by atoms with E-state index in [-0.39, 0.29) is 11.8 Å². The Morgan fingerprint density at radius 3 is 2.57 bits per heavy atom. The maximum atomic E-state index is 12.7. The summed E-state index contributed by atoms with van der Waals surface area (Å²) in [4.78, 5) is 16.0. The lowest BCUT2D eigenvalue weighted by molar-refractivity contribution is -0.121. The first-order chi connectivity index (χ1) is 13.5. The molecule has 1 aromatic heterocycles. The van der Waals surface area contributed by atoms with Gasteiger partial charge >= 0.3 is 0 Å². The number of carbonyl (C=O) groups is 1. The van der Waals surface area contributed by atoms with Crippen molar-refractivity contribution in [2.45, 2.75) is 26.2 Å². The number of H-pyrrole nitrogens is 1. The zero-order valence-corrected chi connectivity index (χ0v) is 16.9. The highest BCUT2D eigenvalue weighted by Crippen LogP contribution is 2.39. The van der Waals surface area contributed by atoms with E-state index in [9.17, 15) is 4.79 Å². The molecule has 2 aromatic carbocycles. The summed E-state index contributed by atoms with van der Waals surface area (Å²) >= 11 is 0. The van der Waals surface area contributed by atoms with Crippen LogP contribution < -0.4 is 14.8 Å². The lowest BCUT2D eigenvalue weighted by Crippen LogP contribution is -2.28. The van der Waals surface area contributed by atoms with Crippen molar-refractivity contribution in [1.82, 2.24) is 10.3 Å². The van der Waals surface area contributed by atoms with Gasteiger partial charge in [-0.2, -0.15) is 0 Å². The molecule has 1 heterocycles. The molecule has 0 aliphatic carbocycles. The third kappa shape index (κ3) is 4.30. The molecule has 1 atom stereocenters. The van der Waals surface area contributed by atoms with E-state index in [1.54, 1.807) is 14.2 Å². The number of rotatable bonds is 8. The second kappa shape index (κ2) is 8.83. The normalized spacial score (nSPS) is 12.2. The first kappa shape index (κ1) is 19.8. The van der Waals surface area contributed by atoms with Crippen molar-refractivity contribution < 1.29 is 14.3 Å². The molecule has 5 nitrogen and oxygen atoms in total. The van der Waals surface area contributed by atoms with Gasteiger partial charge in [-0.25, -0.2) is 0 Å². The smallest absolute Gasteiger partial charge is 0.220 e. The van der Waals surface area contributed by atoms with E-state index in [1.807, 2.05) is 42.6 Å². The van der Waals surface area contributed by atoms with Gasteiger partial charge in [0.05, 0.1) is 14.2 Å². The monoisotopic (exact) mass is 380 g/mol. The molecule has 0 unspecified atom stereocenters. The SMILES string of the molecule is COc1ccc([C@H](CC(=O)NCC(C)C)c2c[nH]c3ccccc23)c(OC)c1. The lowest BCUT2D eigenvalue weighted by atomic mass is 9.87. The molecule has 148 valence electrons. The van der Waals surface area contributed by atoms with Gasteiger partial charge in [0.2, 0.25) is 5.91 Å². The third-order valence-electron chi connectivity index (χ3n) is 4.91. The minimum Gasteiger partial charge on any atom is -0.497 e. The average molecular weight is 380 g/mol. The number of hydrogen-bond acceptors (Lipinski definition) is 3. The fourth-order valence-corrected chi connectivity index (χ4v) is 3.45. The molecular formula is C23H28N2O3. The van der Waals surface area contributed by atoms with Crippen molar-refractivity contribution in [3.05, 3.63) is 59.8 Å². The molecule has 1 amide bonds. The third-order valence-corrected chi connectivity index (χ3v) is 4.91. The Hall–Kier alpha value is -2.95. The van der Waals surface area contributed by atoms with E-state index < -0.39 is 0 Å². The van der Waals surface area contributed by atoms with Crippen molar-refractivity contribution in [2.75, 3.05) is 20.8 Å². The van der Waals surface area contributed by atoms with Crippen LogP contribution in [0.3, 0.4) is 0 Å². The number of nitrogens with one attached hydrogen (secondary N) is 2. The number of benzene rings is 2. The summed E-state index contributed by atoms with van der Waals surface area (Å²) in [5, 5.41) is 4.15. The Kier molecular flexibility index (Phi) is 6.24. The number of ether oxygens (including phenoxy) is 2. The Bertz CT molecular complexity index is 946. The van der Waals surface area contributed by atoms with Crippen LogP contribution >= 0.6 is 0 Å². The number of para-hydroxylation sites is 1. The molecule has 0 saturated heterocycles. The molecule has 0 bridgehead atoms. The van der Waals surface area contributed by atoms with Crippen LogP contribution in [0.4, 0.5) is 0 Å². The first-order valence-corrected chi connectivity index (χ1v) is 9.58. The Balaban J connectivity index is 2.03. The molecule has 0 radical (unpaired) electrons. The molecule has 0 fully saturated rings. The number of aromatic amines is 1. The Labute approximate surface area is 166 Å². The average Bonchev–Trinajstić information content (AvgIpc) is 3.14. The predicted molar refractivity (Wildman–Crippen MR) is 112 cm³/mol. The van der Waals surface area contributed by atoms with Gasteiger partial charge in [-0.3, -0.25) is 4.79 Å². The van der Waals surface area contributed by atoms with Gasteiger partial charge in [0.15, 0.2) is 0 Å². The Morgan fingerprint density at radius 2 is 1.86 bits per heavy atom. The minimum atomic E-state index is -0.135. The predicted octanol–water partition coefficient (Wildman–Crippen LogP) is 4.48. The van der Waals surface area contributed by atoms with Gasteiger partial charge in [0.1, 0.15) is 11.5 Å². The van der Waals surface area contributed by atoms with Gasteiger partial charge in [-0.05, 0) is 23.6 Å². The van der Waals surface area contributed by atoms with Crippen LogP contribution in [0.5, 0.6) is 11.5 Å². The van der Waals surface area contributed by atoms with Gasteiger partial charge < -0.3 is 19.8 Å². The van der Waals surface area contributed by atoms with Crippen LogP contribution in [0.1, 0.15) is 37.3 Å². The molecule has 3 rings (SSSR count). The molecule has 0 saturated carbocycles. The number of carbonyl (C=O) groups excluding carboxylic acids is 1. The van der Waals surface area contributed by atoms with E-state index in [1.165, 1.54) is 0 Å². The second-order valence-electron chi connectivity index (χ2n) is 7.35. The van der Waals surface area contributed by atoms with E-state index in [0.29, 0.717) is 24.6 Å². The number of methoxy groups -OCH3 is 2. The zero-order chi connectivity index (χ0) is 20.1. The Morgan fingerprint density at radius 1 is 1.07 bits per heavy atom. The topological polar surface area (TPSA) is 63.3 Å². The first-order valence-electron chi connectivity index (χ1n) is 9.58. The fraction of sp³-hybridized carbons (Fsp3) is 0.348. The second-order valence-corrected chi connectivity index (χ2v) is 7.35. The number of fused-ring (bicyclic) bond motifs is 1. The molecular weight excluding hydrogens is 352 g/mol. The standard InChI is InChI=1S/C23H28N2O3/c1-15(2)13-25-23(26)12-19(18-10-9-16(27-3)11-22(18)28-4)20-14-24-21-8-6-5-7-17(20)21/h5-11,14-15,19,24H,12-13H2,1-4H3,(H,25,26)/t19-/m0/s1. The summed E-state index contributed by atoms with van der Waals surface area (Å²) in [5.41, 5.74) is 3.10. The van der Waals surface area contributed by atoms with Crippen LogP contribution in [0.2, 0.25) is 0 Å². The molecule has 0 aliphatic rings. The number of hydrogen-bond donors (Lipinski definition) is 2. The van der Waals surface area contributed by atoms with Gasteiger partial charge in [-0.15, -0.1) is 0 Å². The maximum absolute atomic E-state index is 12.7. The lowest BCUT2D eigenvalue weighted by Gasteiger charge is -2.20. The van der Waals surface area contributed by atoms with Gasteiger partial charge in [0.25, 0.3) is 0 Å². The summed E-state index contributed by atoms with van der Waals surface area (Å²) in [6.45, 7) is 4.84. The zero-order valence-electron chi connectivity index (χ0n) is 16.9. The highest BCUT2D eigenvalue weighted by molar-refractivity contribution is 5.86. The van der Waals surface area contributed by atoms with E-state index in [0.717, 1.165) is 27.8 Å². The van der Waals surface area contributed by atoms with Crippen molar-refractivity contribution in [1.29, 1.82) is 0 Å². The van der Waals surface area contributed by atoms with Crippen molar-refractivity contribution in [3.8, 4) is 11.5 Å². The van der Waals surface area contributed by atoms with Crippen LogP contribution in [0, 0.1) is 5.92 Å². The molecule has 28 heavy (non-hydrogen) atoms. The summed E-state index contributed by atoms with van der Waals surface area (Å²) in [6, 6.07) is 13.9. The van der Waals surface area contributed by atoms with Crippen LogP contribution in [0.15, 0.2) is 48.7 Å². The number of aromatic nitrogens is 1. The quantitative estimate of drug-likeness (QED) is 0.606. The van der Waals surface area contributed by atoms with Crippen molar-refractivity contribution in [3.63, 3.8) is 0 Å². The van der Waals surface area contributed by atoms with Crippen molar-refractivity contribution in [2.24, 2.45) is 5.92 Å². The van der Waals surface area contributed by atoms with E-state index in [4.69, 9.17) is 9.47 Å². The largest absolute Gasteiger partial charge is 0.497 e. The fourth-order valence-electron chi connectivity index (χ4n) is 3.45. The molecule has 0 aliphatic heterocycles.